The molecular formula is C15H10N2O3S. The van der Waals surface area contributed by atoms with Crippen molar-refractivity contribution in [2.75, 3.05) is 5.32 Å². The van der Waals surface area contributed by atoms with Crippen molar-refractivity contribution in [3.63, 3.8) is 0 Å². The fourth-order valence-corrected chi connectivity index (χ4v) is 2.77. The number of carboxylic acids is 1. The summed E-state index contributed by atoms with van der Waals surface area (Å²) in [6.07, 6.45) is 0. The van der Waals surface area contributed by atoms with Gasteiger partial charge in [-0.15, -0.1) is 0 Å². The standard InChI is InChI=1S/C15H10N2O3S/c18-13(9-4-2-1-3-5-9)17-15-16-11-7-6-10(14(19)20)8-12(11)21-15/h1-8H,(H,19,20)(H,16,17,18). The van der Waals surface area contributed by atoms with Crippen molar-refractivity contribution >= 4 is 38.6 Å². The number of rotatable bonds is 3. The smallest absolute Gasteiger partial charge is 0.335 e. The lowest BCUT2D eigenvalue weighted by Gasteiger charge is -2.00. The molecule has 0 unspecified atom stereocenters. The number of carbonyl (C=O) groups excluding carboxylic acids is 1. The number of nitrogens with one attached hydrogen (secondary N) is 1. The molecule has 0 bridgehead atoms. The van der Waals surface area contributed by atoms with Crippen LogP contribution in [0.25, 0.3) is 10.2 Å². The second kappa shape index (κ2) is 5.34. The zero-order valence-corrected chi connectivity index (χ0v) is 11.6. The number of aromatic nitrogens is 1. The van der Waals surface area contributed by atoms with Gasteiger partial charge in [0.05, 0.1) is 15.8 Å². The molecule has 0 fully saturated rings. The van der Waals surface area contributed by atoms with Gasteiger partial charge in [-0.3, -0.25) is 10.1 Å². The van der Waals surface area contributed by atoms with Gasteiger partial charge < -0.3 is 5.11 Å². The second-order valence-electron chi connectivity index (χ2n) is 4.33. The highest BCUT2D eigenvalue weighted by atomic mass is 32.1. The lowest BCUT2D eigenvalue weighted by atomic mass is 10.2. The van der Waals surface area contributed by atoms with Gasteiger partial charge in [0.25, 0.3) is 5.91 Å². The molecule has 0 spiro atoms. The van der Waals surface area contributed by atoms with Crippen LogP contribution in [0.15, 0.2) is 48.5 Å². The number of thiazole rings is 1. The lowest BCUT2D eigenvalue weighted by Crippen LogP contribution is -2.11. The fourth-order valence-electron chi connectivity index (χ4n) is 1.87. The Labute approximate surface area is 123 Å². The second-order valence-corrected chi connectivity index (χ2v) is 5.36. The van der Waals surface area contributed by atoms with E-state index < -0.39 is 5.97 Å². The van der Waals surface area contributed by atoms with Crippen molar-refractivity contribution in [3.8, 4) is 0 Å². The van der Waals surface area contributed by atoms with Crippen LogP contribution in [0.3, 0.4) is 0 Å². The van der Waals surface area contributed by atoms with Crippen LogP contribution in [0.4, 0.5) is 5.13 Å². The van der Waals surface area contributed by atoms with Gasteiger partial charge in [-0.25, -0.2) is 9.78 Å². The number of carboxylic acid groups (broad SMARTS) is 1. The quantitative estimate of drug-likeness (QED) is 0.778. The Morgan fingerprint density at radius 1 is 1.05 bits per heavy atom. The van der Waals surface area contributed by atoms with E-state index >= 15 is 0 Å². The first-order valence-corrected chi connectivity index (χ1v) is 6.95. The van der Waals surface area contributed by atoms with Crippen LogP contribution in [0.1, 0.15) is 20.7 Å². The number of carbonyl (C=O) groups is 2. The van der Waals surface area contributed by atoms with E-state index in [0.717, 1.165) is 4.70 Å². The molecule has 3 aromatic rings. The highest BCUT2D eigenvalue weighted by Crippen LogP contribution is 2.27. The van der Waals surface area contributed by atoms with E-state index in [0.29, 0.717) is 16.2 Å². The molecule has 3 rings (SSSR count). The van der Waals surface area contributed by atoms with Gasteiger partial charge >= 0.3 is 5.97 Å². The van der Waals surface area contributed by atoms with Crippen molar-refractivity contribution in [2.45, 2.75) is 0 Å². The average molecular weight is 298 g/mol. The minimum Gasteiger partial charge on any atom is -0.478 e. The molecule has 104 valence electrons. The molecule has 0 aliphatic heterocycles. The van der Waals surface area contributed by atoms with E-state index in [2.05, 4.69) is 10.3 Å². The van der Waals surface area contributed by atoms with E-state index in [4.69, 9.17) is 5.11 Å². The first kappa shape index (κ1) is 13.3. The lowest BCUT2D eigenvalue weighted by molar-refractivity contribution is 0.0697. The summed E-state index contributed by atoms with van der Waals surface area (Å²) in [5, 5.41) is 12.1. The maximum atomic E-state index is 12.0. The molecule has 1 amide bonds. The summed E-state index contributed by atoms with van der Waals surface area (Å²) in [7, 11) is 0. The molecule has 2 N–H and O–H groups in total. The number of benzene rings is 2. The fraction of sp³-hybridized carbons (Fsp3) is 0. The van der Waals surface area contributed by atoms with Gasteiger partial charge in [-0.1, -0.05) is 29.5 Å². The van der Waals surface area contributed by atoms with Crippen LogP contribution in [0.5, 0.6) is 0 Å². The summed E-state index contributed by atoms with van der Waals surface area (Å²) in [6.45, 7) is 0. The number of hydrogen-bond donors (Lipinski definition) is 2. The van der Waals surface area contributed by atoms with Gasteiger partial charge in [-0.05, 0) is 30.3 Å². The van der Waals surface area contributed by atoms with E-state index in [1.807, 2.05) is 6.07 Å². The summed E-state index contributed by atoms with van der Waals surface area (Å²) in [5.74, 6) is -1.23. The Balaban J connectivity index is 1.88. The molecular weight excluding hydrogens is 288 g/mol. The van der Waals surface area contributed by atoms with E-state index in [1.165, 1.54) is 17.4 Å². The van der Waals surface area contributed by atoms with Crippen molar-refractivity contribution in [1.29, 1.82) is 0 Å². The first-order chi connectivity index (χ1) is 10.1. The third kappa shape index (κ3) is 2.75. The largest absolute Gasteiger partial charge is 0.478 e. The summed E-state index contributed by atoms with van der Waals surface area (Å²) in [5.41, 5.74) is 1.41. The molecule has 0 aliphatic rings. The summed E-state index contributed by atoms with van der Waals surface area (Å²) < 4.78 is 0.721. The number of anilines is 1. The molecule has 1 aromatic heterocycles. The van der Waals surface area contributed by atoms with Crippen molar-refractivity contribution in [2.24, 2.45) is 0 Å². The zero-order valence-electron chi connectivity index (χ0n) is 10.7. The van der Waals surface area contributed by atoms with Crippen LogP contribution in [0, 0.1) is 0 Å². The van der Waals surface area contributed by atoms with E-state index in [1.54, 1.807) is 36.4 Å². The third-order valence-corrected chi connectivity index (χ3v) is 3.83. The van der Waals surface area contributed by atoms with Gasteiger partial charge in [0.1, 0.15) is 0 Å². The van der Waals surface area contributed by atoms with Gasteiger partial charge in [0.2, 0.25) is 0 Å². The van der Waals surface area contributed by atoms with Crippen LogP contribution >= 0.6 is 11.3 Å². The summed E-state index contributed by atoms with van der Waals surface area (Å²) in [6, 6.07) is 13.5. The number of aromatic carboxylic acids is 1. The molecule has 0 saturated carbocycles. The highest BCUT2D eigenvalue weighted by Gasteiger charge is 2.11. The topological polar surface area (TPSA) is 79.3 Å². The predicted molar refractivity (Wildman–Crippen MR) is 81.0 cm³/mol. The Morgan fingerprint density at radius 3 is 2.52 bits per heavy atom. The monoisotopic (exact) mass is 298 g/mol. The highest BCUT2D eigenvalue weighted by molar-refractivity contribution is 7.22. The van der Waals surface area contributed by atoms with Crippen LogP contribution in [-0.2, 0) is 0 Å². The normalized spacial score (nSPS) is 10.5. The first-order valence-electron chi connectivity index (χ1n) is 6.14. The Bertz CT molecular complexity index is 827. The van der Waals surface area contributed by atoms with Crippen molar-refractivity contribution in [3.05, 3.63) is 59.7 Å². The Kier molecular flexibility index (Phi) is 3.37. The molecule has 6 heteroatoms. The zero-order chi connectivity index (χ0) is 14.8. The van der Waals surface area contributed by atoms with Gasteiger partial charge in [0.15, 0.2) is 5.13 Å². The molecule has 1 heterocycles. The summed E-state index contributed by atoms with van der Waals surface area (Å²) >= 11 is 1.25. The number of nitrogens with zero attached hydrogens (tertiary/aromatic N) is 1. The van der Waals surface area contributed by atoms with Crippen molar-refractivity contribution in [1.82, 2.24) is 4.98 Å². The molecule has 0 radical (unpaired) electrons. The average Bonchev–Trinajstić information content (AvgIpc) is 2.89. The summed E-state index contributed by atoms with van der Waals surface area (Å²) in [4.78, 5) is 27.2. The third-order valence-electron chi connectivity index (χ3n) is 2.89. The predicted octanol–water partition coefficient (Wildman–Crippen LogP) is 3.25. The molecule has 0 saturated heterocycles. The minimum absolute atomic E-state index is 0.201. The minimum atomic E-state index is -0.986. The van der Waals surface area contributed by atoms with Gasteiger partial charge in [0, 0.05) is 5.56 Å². The molecule has 5 nitrogen and oxygen atoms in total. The molecule has 2 aromatic carbocycles. The molecule has 21 heavy (non-hydrogen) atoms. The van der Waals surface area contributed by atoms with E-state index in [-0.39, 0.29) is 11.5 Å². The van der Waals surface area contributed by atoms with Crippen LogP contribution in [-0.4, -0.2) is 22.0 Å². The van der Waals surface area contributed by atoms with Crippen LogP contribution < -0.4 is 5.32 Å². The van der Waals surface area contributed by atoms with Gasteiger partial charge in [-0.2, -0.15) is 0 Å². The Hall–Kier alpha value is -2.73. The van der Waals surface area contributed by atoms with E-state index in [9.17, 15) is 9.59 Å². The molecule has 0 atom stereocenters. The number of fused-ring (bicyclic) bond motifs is 1. The maximum Gasteiger partial charge on any atom is 0.335 e. The van der Waals surface area contributed by atoms with Crippen molar-refractivity contribution < 1.29 is 14.7 Å². The number of hydrogen-bond acceptors (Lipinski definition) is 4. The Morgan fingerprint density at radius 2 is 1.81 bits per heavy atom. The SMILES string of the molecule is O=C(O)c1ccc2nc(NC(=O)c3ccccc3)sc2c1. The molecule has 0 aliphatic carbocycles. The number of amides is 1. The van der Waals surface area contributed by atoms with Crippen LogP contribution in [0.2, 0.25) is 0 Å². The maximum absolute atomic E-state index is 12.0.